The molecule has 0 fully saturated rings. The van der Waals surface area contributed by atoms with Crippen molar-refractivity contribution in [2.45, 2.75) is 33.6 Å². The van der Waals surface area contributed by atoms with Crippen LogP contribution < -0.4 is 9.62 Å². The van der Waals surface area contributed by atoms with Crippen LogP contribution in [0.5, 0.6) is 0 Å². The van der Waals surface area contributed by atoms with Crippen LogP contribution in [-0.2, 0) is 10.0 Å². The van der Waals surface area contributed by atoms with E-state index >= 15 is 0 Å². The first-order chi connectivity index (χ1) is 12.6. The maximum Gasteiger partial charge on any atom is 0.251 e. The monoisotopic (exact) mass is 388 g/mol. The molecule has 2 aromatic carbocycles. The molecule has 27 heavy (non-hydrogen) atoms. The molecule has 5 nitrogen and oxygen atoms in total. The SMILES string of the molecule is Cc1cccc(C(=O)NCCN(c2c(C)cccc2C(C)C)S(C)(=O)=O)c1. The second kappa shape index (κ2) is 8.57. The number of aryl methyl sites for hydroxylation is 2. The average Bonchev–Trinajstić information content (AvgIpc) is 2.57. The van der Waals surface area contributed by atoms with Crippen molar-refractivity contribution >= 4 is 21.6 Å². The number of rotatable bonds is 7. The Morgan fingerprint density at radius 1 is 1.11 bits per heavy atom. The molecule has 0 heterocycles. The number of carbonyl (C=O) groups excluding carboxylic acids is 1. The summed E-state index contributed by atoms with van der Waals surface area (Å²) in [5.74, 6) is -0.0212. The molecule has 0 aliphatic heterocycles. The Labute approximate surface area is 162 Å². The second-order valence-corrected chi connectivity index (χ2v) is 9.03. The highest BCUT2D eigenvalue weighted by Crippen LogP contribution is 2.32. The first-order valence-corrected chi connectivity index (χ1v) is 10.9. The van der Waals surface area contributed by atoms with Gasteiger partial charge in [0.2, 0.25) is 10.0 Å². The van der Waals surface area contributed by atoms with E-state index in [1.807, 2.05) is 64.1 Å². The van der Waals surface area contributed by atoms with Gasteiger partial charge in [0.25, 0.3) is 5.91 Å². The van der Waals surface area contributed by atoms with Crippen LogP contribution in [0.15, 0.2) is 42.5 Å². The van der Waals surface area contributed by atoms with Crippen molar-refractivity contribution < 1.29 is 13.2 Å². The molecule has 146 valence electrons. The molecule has 0 radical (unpaired) electrons. The lowest BCUT2D eigenvalue weighted by Crippen LogP contribution is -2.39. The lowest BCUT2D eigenvalue weighted by Gasteiger charge is -2.28. The van der Waals surface area contributed by atoms with E-state index < -0.39 is 10.0 Å². The van der Waals surface area contributed by atoms with Crippen molar-refractivity contribution in [3.8, 4) is 0 Å². The van der Waals surface area contributed by atoms with Gasteiger partial charge >= 0.3 is 0 Å². The van der Waals surface area contributed by atoms with Crippen LogP contribution in [0.1, 0.15) is 46.8 Å². The molecule has 6 heteroatoms. The first kappa shape index (κ1) is 21.0. The van der Waals surface area contributed by atoms with Gasteiger partial charge in [0.1, 0.15) is 0 Å². The molecular formula is C21H28N2O3S. The van der Waals surface area contributed by atoms with Gasteiger partial charge in [-0.2, -0.15) is 0 Å². The van der Waals surface area contributed by atoms with E-state index in [1.54, 1.807) is 6.07 Å². The highest BCUT2D eigenvalue weighted by molar-refractivity contribution is 7.92. The van der Waals surface area contributed by atoms with Gasteiger partial charge in [0, 0.05) is 12.1 Å². The third-order valence-corrected chi connectivity index (χ3v) is 5.59. The Morgan fingerprint density at radius 2 is 1.78 bits per heavy atom. The number of benzene rings is 2. The predicted octanol–water partition coefficient (Wildman–Crippen LogP) is 3.62. The summed E-state index contributed by atoms with van der Waals surface area (Å²) in [5.41, 5.74) is 4.16. The lowest BCUT2D eigenvalue weighted by molar-refractivity contribution is 0.0954. The smallest absolute Gasteiger partial charge is 0.251 e. The van der Waals surface area contributed by atoms with Gasteiger partial charge in [-0.1, -0.05) is 49.7 Å². The number of hydrogen-bond donors (Lipinski definition) is 1. The standard InChI is InChI=1S/C21H28N2O3S/c1-15(2)19-11-7-9-17(4)20(19)23(27(5,25)26)13-12-22-21(24)18-10-6-8-16(3)14-18/h6-11,14-15H,12-13H2,1-5H3,(H,22,24). The van der Waals surface area contributed by atoms with Gasteiger partial charge in [0.05, 0.1) is 18.5 Å². The van der Waals surface area contributed by atoms with Crippen molar-refractivity contribution in [3.05, 3.63) is 64.7 Å². The zero-order chi connectivity index (χ0) is 20.2. The number of anilines is 1. The maximum absolute atomic E-state index is 12.5. The number of hydrogen-bond acceptors (Lipinski definition) is 3. The molecule has 0 aliphatic carbocycles. The van der Waals surface area contributed by atoms with Gasteiger partial charge in [0.15, 0.2) is 0 Å². The quantitative estimate of drug-likeness (QED) is 0.788. The van der Waals surface area contributed by atoms with E-state index in [9.17, 15) is 13.2 Å². The van der Waals surface area contributed by atoms with E-state index in [0.29, 0.717) is 11.3 Å². The van der Waals surface area contributed by atoms with E-state index in [1.165, 1.54) is 10.6 Å². The predicted molar refractivity (Wildman–Crippen MR) is 111 cm³/mol. The van der Waals surface area contributed by atoms with Crippen LogP contribution >= 0.6 is 0 Å². The Bertz CT molecular complexity index is 921. The Hall–Kier alpha value is -2.34. The lowest BCUT2D eigenvalue weighted by atomic mass is 9.98. The minimum Gasteiger partial charge on any atom is -0.350 e. The fraction of sp³-hybridized carbons (Fsp3) is 0.381. The number of carbonyl (C=O) groups is 1. The van der Waals surface area contributed by atoms with Crippen molar-refractivity contribution in [1.82, 2.24) is 5.32 Å². The van der Waals surface area contributed by atoms with Gasteiger partial charge in [-0.05, 0) is 43.0 Å². The molecule has 0 aromatic heterocycles. The number of sulfonamides is 1. The van der Waals surface area contributed by atoms with E-state index in [4.69, 9.17) is 0 Å². The number of nitrogens with one attached hydrogen (secondary N) is 1. The van der Waals surface area contributed by atoms with E-state index in [-0.39, 0.29) is 24.9 Å². The summed E-state index contributed by atoms with van der Waals surface area (Å²) in [7, 11) is -3.48. The molecule has 1 amide bonds. The third kappa shape index (κ3) is 5.32. The molecule has 2 aromatic rings. The zero-order valence-electron chi connectivity index (χ0n) is 16.6. The molecule has 2 rings (SSSR count). The van der Waals surface area contributed by atoms with Gasteiger partial charge < -0.3 is 5.32 Å². The highest BCUT2D eigenvalue weighted by Gasteiger charge is 2.23. The minimum atomic E-state index is -3.48. The summed E-state index contributed by atoms with van der Waals surface area (Å²) in [5, 5.41) is 2.82. The van der Waals surface area contributed by atoms with Crippen LogP contribution in [0.4, 0.5) is 5.69 Å². The summed E-state index contributed by atoms with van der Waals surface area (Å²) in [6, 6.07) is 13.1. The van der Waals surface area contributed by atoms with Crippen molar-refractivity contribution in [2.75, 3.05) is 23.7 Å². The van der Waals surface area contributed by atoms with Gasteiger partial charge in [-0.15, -0.1) is 0 Å². The Kier molecular flexibility index (Phi) is 6.65. The number of amides is 1. The first-order valence-electron chi connectivity index (χ1n) is 9.03. The summed E-state index contributed by atoms with van der Waals surface area (Å²) in [6.45, 7) is 8.32. The van der Waals surface area contributed by atoms with Crippen LogP contribution in [0.2, 0.25) is 0 Å². The molecule has 0 spiro atoms. The Balaban J connectivity index is 2.22. The normalized spacial score (nSPS) is 11.5. The summed E-state index contributed by atoms with van der Waals surface area (Å²) >= 11 is 0. The van der Waals surface area contributed by atoms with Crippen molar-refractivity contribution in [2.24, 2.45) is 0 Å². The molecule has 0 unspecified atom stereocenters. The van der Waals surface area contributed by atoms with Crippen LogP contribution in [0.3, 0.4) is 0 Å². The topological polar surface area (TPSA) is 66.5 Å². The fourth-order valence-corrected chi connectivity index (χ4v) is 4.10. The fourth-order valence-electron chi connectivity index (χ4n) is 3.09. The molecular weight excluding hydrogens is 360 g/mol. The van der Waals surface area contributed by atoms with Gasteiger partial charge in [-0.3, -0.25) is 9.10 Å². The van der Waals surface area contributed by atoms with E-state index in [0.717, 1.165) is 16.7 Å². The summed E-state index contributed by atoms with van der Waals surface area (Å²) in [6.07, 6.45) is 1.20. The summed E-state index contributed by atoms with van der Waals surface area (Å²) in [4.78, 5) is 12.3. The van der Waals surface area contributed by atoms with Crippen LogP contribution in [0.25, 0.3) is 0 Å². The second-order valence-electron chi connectivity index (χ2n) is 7.13. The average molecular weight is 389 g/mol. The molecule has 0 saturated heterocycles. The van der Waals surface area contributed by atoms with Crippen molar-refractivity contribution in [3.63, 3.8) is 0 Å². The number of para-hydroxylation sites is 1. The molecule has 0 atom stereocenters. The minimum absolute atomic E-state index is 0.182. The van der Waals surface area contributed by atoms with Crippen LogP contribution in [-0.4, -0.2) is 33.7 Å². The van der Waals surface area contributed by atoms with Crippen molar-refractivity contribution in [1.29, 1.82) is 0 Å². The molecule has 0 aliphatic rings. The van der Waals surface area contributed by atoms with E-state index in [2.05, 4.69) is 5.32 Å². The largest absolute Gasteiger partial charge is 0.350 e. The number of nitrogens with zero attached hydrogens (tertiary/aromatic N) is 1. The van der Waals surface area contributed by atoms with Crippen LogP contribution in [0, 0.1) is 13.8 Å². The zero-order valence-corrected chi connectivity index (χ0v) is 17.4. The van der Waals surface area contributed by atoms with Gasteiger partial charge in [-0.25, -0.2) is 8.42 Å². The molecule has 0 bridgehead atoms. The Morgan fingerprint density at radius 3 is 2.37 bits per heavy atom. The maximum atomic E-state index is 12.5. The third-order valence-electron chi connectivity index (χ3n) is 4.42. The highest BCUT2D eigenvalue weighted by atomic mass is 32.2. The molecule has 1 N–H and O–H groups in total. The molecule has 0 saturated carbocycles. The summed E-state index contributed by atoms with van der Waals surface area (Å²) < 4.78 is 26.3.